The molecule has 0 aromatic carbocycles. The summed E-state index contributed by atoms with van der Waals surface area (Å²) in [6.45, 7) is 4.69. The summed E-state index contributed by atoms with van der Waals surface area (Å²) in [6, 6.07) is 4.08. The van der Waals surface area contributed by atoms with Gasteiger partial charge >= 0.3 is 0 Å². The molecule has 2 aromatic heterocycles. The van der Waals surface area contributed by atoms with E-state index in [1.54, 1.807) is 0 Å². The summed E-state index contributed by atoms with van der Waals surface area (Å²) in [7, 11) is 1.95. The van der Waals surface area contributed by atoms with E-state index in [2.05, 4.69) is 34.6 Å². The molecule has 5 heteroatoms. The summed E-state index contributed by atoms with van der Waals surface area (Å²) in [4.78, 5) is 4.43. The van der Waals surface area contributed by atoms with Gasteiger partial charge in [-0.05, 0) is 31.4 Å². The molecule has 3 rings (SSSR count). The van der Waals surface area contributed by atoms with Gasteiger partial charge in [0.25, 0.3) is 0 Å². The van der Waals surface area contributed by atoms with Crippen LogP contribution < -0.4 is 5.32 Å². The smallest absolute Gasteiger partial charge is 0.0895 e. The molecule has 0 bridgehead atoms. The summed E-state index contributed by atoms with van der Waals surface area (Å²) >= 11 is 0. The van der Waals surface area contributed by atoms with Crippen molar-refractivity contribution in [3.63, 3.8) is 0 Å². The van der Waals surface area contributed by atoms with Crippen LogP contribution in [0.15, 0.2) is 30.7 Å². The number of ether oxygens (including phenoxy) is 1. The largest absolute Gasteiger partial charge is 0.373 e. The predicted octanol–water partition coefficient (Wildman–Crippen LogP) is 2.38. The van der Waals surface area contributed by atoms with Crippen molar-refractivity contribution < 1.29 is 4.74 Å². The Kier molecular flexibility index (Phi) is 4.85. The Morgan fingerprint density at radius 3 is 3.14 bits per heavy atom. The number of aryl methyl sites for hydroxylation is 2. The highest BCUT2D eigenvalue weighted by Crippen LogP contribution is 2.32. The van der Waals surface area contributed by atoms with Crippen LogP contribution in [-0.2, 0) is 18.3 Å². The van der Waals surface area contributed by atoms with Gasteiger partial charge in [0, 0.05) is 50.6 Å². The van der Waals surface area contributed by atoms with E-state index >= 15 is 0 Å². The van der Waals surface area contributed by atoms with Crippen LogP contribution in [0.5, 0.6) is 0 Å². The molecule has 3 heterocycles. The van der Waals surface area contributed by atoms with E-state index in [0.29, 0.717) is 5.92 Å². The molecule has 1 saturated heterocycles. The average molecular weight is 300 g/mol. The third-order valence-electron chi connectivity index (χ3n) is 4.32. The van der Waals surface area contributed by atoms with Crippen molar-refractivity contribution in [2.45, 2.75) is 32.4 Å². The number of hydrogen-bond acceptors (Lipinski definition) is 4. The Bertz CT molecular complexity index is 610. The van der Waals surface area contributed by atoms with Gasteiger partial charge in [0.15, 0.2) is 0 Å². The predicted molar refractivity (Wildman–Crippen MR) is 85.3 cm³/mol. The molecule has 0 unspecified atom stereocenters. The zero-order valence-electron chi connectivity index (χ0n) is 13.3. The highest BCUT2D eigenvalue weighted by atomic mass is 16.5. The SMILES string of the molecule is Cc1cccnc1CNC[C@@H]1CCCO[C@H]1c1cnn(C)c1. The Balaban J connectivity index is 1.59. The third kappa shape index (κ3) is 3.54. The number of aromatic nitrogens is 3. The lowest BCUT2D eigenvalue weighted by Crippen LogP contribution is -2.31. The van der Waals surface area contributed by atoms with Gasteiger partial charge in [0.1, 0.15) is 0 Å². The van der Waals surface area contributed by atoms with Crippen molar-refractivity contribution in [2.24, 2.45) is 13.0 Å². The molecule has 1 fully saturated rings. The first kappa shape index (κ1) is 15.2. The van der Waals surface area contributed by atoms with E-state index in [4.69, 9.17) is 4.74 Å². The molecule has 1 N–H and O–H groups in total. The second kappa shape index (κ2) is 7.03. The highest BCUT2D eigenvalue weighted by molar-refractivity contribution is 5.17. The van der Waals surface area contributed by atoms with Crippen LogP contribution in [0.2, 0.25) is 0 Å². The summed E-state index contributed by atoms with van der Waals surface area (Å²) < 4.78 is 7.85. The lowest BCUT2D eigenvalue weighted by Gasteiger charge is -2.31. The van der Waals surface area contributed by atoms with E-state index in [9.17, 15) is 0 Å². The van der Waals surface area contributed by atoms with Crippen LogP contribution >= 0.6 is 0 Å². The van der Waals surface area contributed by atoms with Crippen LogP contribution in [0.1, 0.15) is 35.8 Å². The zero-order valence-corrected chi connectivity index (χ0v) is 13.3. The summed E-state index contributed by atoms with van der Waals surface area (Å²) in [5.74, 6) is 0.488. The van der Waals surface area contributed by atoms with Crippen molar-refractivity contribution in [1.82, 2.24) is 20.1 Å². The number of pyridine rings is 1. The Morgan fingerprint density at radius 1 is 1.45 bits per heavy atom. The average Bonchev–Trinajstić information content (AvgIpc) is 2.96. The quantitative estimate of drug-likeness (QED) is 0.921. The summed E-state index contributed by atoms with van der Waals surface area (Å²) in [6.07, 6.45) is 8.31. The van der Waals surface area contributed by atoms with E-state index < -0.39 is 0 Å². The zero-order chi connectivity index (χ0) is 15.4. The van der Waals surface area contributed by atoms with Gasteiger partial charge in [-0.25, -0.2) is 0 Å². The molecular formula is C17H24N4O. The van der Waals surface area contributed by atoms with Gasteiger partial charge in [0.05, 0.1) is 18.0 Å². The van der Waals surface area contributed by atoms with Gasteiger partial charge in [-0.1, -0.05) is 6.07 Å². The van der Waals surface area contributed by atoms with Crippen molar-refractivity contribution in [2.75, 3.05) is 13.2 Å². The summed E-state index contributed by atoms with van der Waals surface area (Å²) in [5, 5.41) is 7.82. The minimum Gasteiger partial charge on any atom is -0.373 e. The fourth-order valence-electron chi connectivity index (χ4n) is 3.09. The normalized spacial score (nSPS) is 21.9. The molecule has 0 saturated carbocycles. The van der Waals surface area contributed by atoms with Gasteiger partial charge < -0.3 is 10.1 Å². The Labute approximate surface area is 131 Å². The van der Waals surface area contributed by atoms with E-state index in [-0.39, 0.29) is 6.10 Å². The molecule has 0 amide bonds. The number of nitrogens with zero attached hydrogens (tertiary/aromatic N) is 3. The van der Waals surface area contributed by atoms with Crippen molar-refractivity contribution in [3.05, 3.63) is 47.5 Å². The number of rotatable bonds is 5. The molecule has 22 heavy (non-hydrogen) atoms. The van der Waals surface area contributed by atoms with E-state index in [1.165, 1.54) is 17.5 Å². The minimum absolute atomic E-state index is 0.153. The minimum atomic E-state index is 0.153. The van der Waals surface area contributed by atoms with Crippen LogP contribution in [0.4, 0.5) is 0 Å². The van der Waals surface area contributed by atoms with Gasteiger partial charge in [-0.15, -0.1) is 0 Å². The molecule has 118 valence electrons. The van der Waals surface area contributed by atoms with Gasteiger partial charge in [-0.3, -0.25) is 9.67 Å². The fraction of sp³-hybridized carbons (Fsp3) is 0.529. The van der Waals surface area contributed by atoms with Crippen LogP contribution in [0.25, 0.3) is 0 Å². The first-order valence-electron chi connectivity index (χ1n) is 7.95. The maximum Gasteiger partial charge on any atom is 0.0895 e. The van der Waals surface area contributed by atoms with Crippen LogP contribution in [0, 0.1) is 12.8 Å². The maximum atomic E-state index is 6.01. The maximum absolute atomic E-state index is 6.01. The lowest BCUT2D eigenvalue weighted by atomic mass is 9.91. The van der Waals surface area contributed by atoms with Gasteiger partial charge in [0.2, 0.25) is 0 Å². The summed E-state index contributed by atoms with van der Waals surface area (Å²) in [5.41, 5.74) is 3.54. The molecule has 0 radical (unpaired) electrons. The van der Waals surface area contributed by atoms with Gasteiger partial charge in [-0.2, -0.15) is 5.10 Å². The molecule has 1 aliphatic heterocycles. The molecule has 5 nitrogen and oxygen atoms in total. The monoisotopic (exact) mass is 300 g/mol. The second-order valence-corrected chi connectivity index (χ2v) is 6.04. The standard InChI is InChI=1S/C17H24N4O/c1-13-5-3-7-19-16(13)11-18-9-14-6-4-8-22-17(14)15-10-20-21(2)12-15/h3,5,7,10,12,14,17-18H,4,6,8-9,11H2,1-2H3/t14-,17+/m0/s1. The van der Waals surface area contributed by atoms with Crippen molar-refractivity contribution in [1.29, 1.82) is 0 Å². The fourth-order valence-corrected chi connectivity index (χ4v) is 3.09. The van der Waals surface area contributed by atoms with Crippen molar-refractivity contribution >= 4 is 0 Å². The number of nitrogens with one attached hydrogen (secondary N) is 1. The van der Waals surface area contributed by atoms with Crippen molar-refractivity contribution in [3.8, 4) is 0 Å². The highest BCUT2D eigenvalue weighted by Gasteiger charge is 2.28. The lowest BCUT2D eigenvalue weighted by molar-refractivity contribution is -0.0279. The first-order valence-corrected chi connectivity index (χ1v) is 7.95. The van der Waals surface area contributed by atoms with Crippen LogP contribution in [-0.4, -0.2) is 27.9 Å². The second-order valence-electron chi connectivity index (χ2n) is 6.04. The Morgan fingerprint density at radius 2 is 2.36 bits per heavy atom. The Hall–Kier alpha value is -1.72. The van der Waals surface area contributed by atoms with Crippen LogP contribution in [0.3, 0.4) is 0 Å². The molecule has 2 aromatic rings. The topological polar surface area (TPSA) is 52.0 Å². The molecule has 1 aliphatic rings. The number of hydrogen-bond donors (Lipinski definition) is 1. The molecule has 0 aliphatic carbocycles. The van der Waals surface area contributed by atoms with E-state index in [0.717, 1.165) is 31.8 Å². The molecular weight excluding hydrogens is 276 g/mol. The first-order chi connectivity index (χ1) is 10.7. The molecule has 0 spiro atoms. The third-order valence-corrected chi connectivity index (χ3v) is 4.32. The van der Waals surface area contributed by atoms with E-state index in [1.807, 2.05) is 30.2 Å². The molecule has 2 atom stereocenters.